The number of amides is 2. The van der Waals surface area contributed by atoms with Gasteiger partial charge in [0, 0.05) is 13.6 Å². The van der Waals surface area contributed by atoms with Crippen molar-refractivity contribution in [2.45, 2.75) is 13.5 Å². The Kier molecular flexibility index (Phi) is 2.90. The minimum Gasteiger partial charge on any atom is -0.351 e. The number of primary amides is 1. The third kappa shape index (κ3) is 2.78. The third-order valence-corrected chi connectivity index (χ3v) is 1.92. The lowest BCUT2D eigenvalue weighted by Gasteiger charge is -2.13. The molecule has 0 atom stereocenters. The summed E-state index contributed by atoms with van der Waals surface area (Å²) in [4.78, 5) is 12.2. The molecule has 0 fully saturated rings. The van der Waals surface area contributed by atoms with E-state index in [1.807, 2.05) is 31.2 Å². The predicted molar refractivity (Wildman–Crippen MR) is 52.2 cm³/mol. The minimum absolute atomic E-state index is 0.402. The minimum atomic E-state index is -0.402. The van der Waals surface area contributed by atoms with E-state index < -0.39 is 6.03 Å². The molecule has 3 heteroatoms. The van der Waals surface area contributed by atoms with Crippen molar-refractivity contribution < 1.29 is 4.79 Å². The van der Waals surface area contributed by atoms with Crippen molar-refractivity contribution in [2.24, 2.45) is 5.73 Å². The van der Waals surface area contributed by atoms with Gasteiger partial charge in [0.05, 0.1) is 0 Å². The molecule has 1 aromatic rings. The number of urea groups is 1. The van der Waals surface area contributed by atoms with Gasteiger partial charge in [0.25, 0.3) is 0 Å². The maximum atomic E-state index is 10.7. The Balaban J connectivity index is 2.64. The number of benzene rings is 1. The first-order valence-electron chi connectivity index (χ1n) is 4.15. The van der Waals surface area contributed by atoms with E-state index in [-0.39, 0.29) is 0 Å². The van der Waals surface area contributed by atoms with E-state index in [0.29, 0.717) is 6.54 Å². The molecule has 13 heavy (non-hydrogen) atoms. The van der Waals surface area contributed by atoms with Crippen LogP contribution in [-0.4, -0.2) is 18.0 Å². The molecule has 0 aliphatic heterocycles. The normalized spacial score (nSPS) is 9.69. The Morgan fingerprint density at radius 1 is 1.38 bits per heavy atom. The number of nitrogens with zero attached hydrogens (tertiary/aromatic N) is 1. The number of hydrogen-bond donors (Lipinski definition) is 1. The number of hydrogen-bond acceptors (Lipinski definition) is 1. The van der Waals surface area contributed by atoms with Gasteiger partial charge in [0.2, 0.25) is 0 Å². The topological polar surface area (TPSA) is 46.3 Å². The maximum Gasteiger partial charge on any atom is 0.314 e. The summed E-state index contributed by atoms with van der Waals surface area (Å²) in [7, 11) is 1.68. The molecule has 0 aliphatic carbocycles. The second kappa shape index (κ2) is 3.94. The van der Waals surface area contributed by atoms with Crippen LogP contribution in [0.25, 0.3) is 0 Å². The summed E-state index contributed by atoms with van der Waals surface area (Å²) >= 11 is 0. The van der Waals surface area contributed by atoms with Crippen LogP contribution in [0.3, 0.4) is 0 Å². The molecule has 0 aliphatic rings. The SMILES string of the molecule is Cc1ccc(CN(C)C(N)=O)cc1. The highest BCUT2D eigenvalue weighted by atomic mass is 16.2. The van der Waals surface area contributed by atoms with E-state index in [9.17, 15) is 4.79 Å². The Bertz CT molecular complexity index is 292. The quantitative estimate of drug-likeness (QED) is 0.733. The largest absolute Gasteiger partial charge is 0.351 e. The van der Waals surface area contributed by atoms with E-state index in [0.717, 1.165) is 5.56 Å². The van der Waals surface area contributed by atoms with Crippen LogP contribution in [0.1, 0.15) is 11.1 Å². The molecule has 0 saturated heterocycles. The van der Waals surface area contributed by atoms with Gasteiger partial charge >= 0.3 is 6.03 Å². The van der Waals surface area contributed by atoms with Crippen molar-refractivity contribution in [3.05, 3.63) is 35.4 Å². The van der Waals surface area contributed by atoms with Gasteiger partial charge < -0.3 is 10.6 Å². The summed E-state index contributed by atoms with van der Waals surface area (Å²) in [5, 5.41) is 0. The van der Waals surface area contributed by atoms with Gasteiger partial charge in [-0.1, -0.05) is 29.8 Å². The molecular weight excluding hydrogens is 164 g/mol. The van der Waals surface area contributed by atoms with E-state index in [2.05, 4.69) is 0 Å². The van der Waals surface area contributed by atoms with Crippen molar-refractivity contribution in [3.63, 3.8) is 0 Å². The lowest BCUT2D eigenvalue weighted by atomic mass is 10.1. The summed E-state index contributed by atoms with van der Waals surface area (Å²) in [6.45, 7) is 2.59. The van der Waals surface area contributed by atoms with Crippen molar-refractivity contribution in [1.29, 1.82) is 0 Å². The first-order chi connectivity index (χ1) is 6.09. The standard InChI is InChI=1S/C10H14N2O/c1-8-3-5-9(6-4-8)7-12(2)10(11)13/h3-6H,7H2,1-2H3,(H2,11,13). The van der Waals surface area contributed by atoms with Crippen LogP contribution in [0.4, 0.5) is 4.79 Å². The van der Waals surface area contributed by atoms with Crippen molar-refractivity contribution in [2.75, 3.05) is 7.05 Å². The Labute approximate surface area is 78.2 Å². The molecular formula is C10H14N2O. The first-order valence-corrected chi connectivity index (χ1v) is 4.15. The fraction of sp³-hybridized carbons (Fsp3) is 0.300. The highest BCUT2D eigenvalue weighted by Gasteiger charge is 2.02. The number of carbonyl (C=O) groups excluding carboxylic acids is 1. The molecule has 0 aromatic heterocycles. The van der Waals surface area contributed by atoms with Crippen LogP contribution < -0.4 is 5.73 Å². The zero-order valence-electron chi connectivity index (χ0n) is 7.95. The second-order valence-electron chi connectivity index (χ2n) is 3.18. The molecule has 1 aromatic carbocycles. The summed E-state index contributed by atoms with van der Waals surface area (Å²) in [5.41, 5.74) is 7.40. The molecule has 2 N–H and O–H groups in total. The monoisotopic (exact) mass is 178 g/mol. The predicted octanol–water partition coefficient (Wildman–Crippen LogP) is 1.51. The number of carbonyl (C=O) groups is 1. The van der Waals surface area contributed by atoms with Crippen molar-refractivity contribution in [1.82, 2.24) is 4.90 Å². The maximum absolute atomic E-state index is 10.7. The van der Waals surface area contributed by atoms with Crippen LogP contribution in [0.2, 0.25) is 0 Å². The highest BCUT2D eigenvalue weighted by molar-refractivity contribution is 5.71. The van der Waals surface area contributed by atoms with Crippen molar-refractivity contribution >= 4 is 6.03 Å². The number of aryl methyl sites for hydroxylation is 1. The van der Waals surface area contributed by atoms with Crippen LogP contribution in [0.15, 0.2) is 24.3 Å². The summed E-state index contributed by atoms with van der Waals surface area (Å²) in [6, 6.07) is 7.62. The van der Waals surface area contributed by atoms with Gasteiger partial charge in [-0.3, -0.25) is 0 Å². The van der Waals surface area contributed by atoms with E-state index in [1.54, 1.807) is 7.05 Å². The highest BCUT2D eigenvalue weighted by Crippen LogP contribution is 2.05. The van der Waals surface area contributed by atoms with Crippen LogP contribution >= 0.6 is 0 Å². The molecule has 70 valence electrons. The van der Waals surface area contributed by atoms with Crippen molar-refractivity contribution in [3.8, 4) is 0 Å². The molecule has 0 radical (unpaired) electrons. The molecule has 3 nitrogen and oxygen atoms in total. The van der Waals surface area contributed by atoms with E-state index in [1.165, 1.54) is 10.5 Å². The van der Waals surface area contributed by atoms with E-state index in [4.69, 9.17) is 5.73 Å². The molecule has 0 bridgehead atoms. The fourth-order valence-electron chi connectivity index (χ4n) is 1.05. The Morgan fingerprint density at radius 3 is 2.38 bits per heavy atom. The lowest BCUT2D eigenvalue weighted by Crippen LogP contribution is -2.31. The number of rotatable bonds is 2. The average molecular weight is 178 g/mol. The van der Waals surface area contributed by atoms with Gasteiger partial charge in [-0.05, 0) is 12.5 Å². The average Bonchev–Trinajstić information content (AvgIpc) is 2.08. The summed E-state index contributed by atoms with van der Waals surface area (Å²) < 4.78 is 0. The smallest absolute Gasteiger partial charge is 0.314 e. The van der Waals surface area contributed by atoms with Gasteiger partial charge in [0.15, 0.2) is 0 Å². The lowest BCUT2D eigenvalue weighted by molar-refractivity contribution is 0.216. The van der Waals surface area contributed by atoms with Gasteiger partial charge in [0.1, 0.15) is 0 Å². The molecule has 0 heterocycles. The molecule has 0 unspecified atom stereocenters. The summed E-state index contributed by atoms with van der Waals surface area (Å²) in [6.07, 6.45) is 0. The zero-order valence-corrected chi connectivity index (χ0v) is 7.95. The fourth-order valence-corrected chi connectivity index (χ4v) is 1.05. The molecule has 0 spiro atoms. The van der Waals surface area contributed by atoms with E-state index >= 15 is 0 Å². The third-order valence-electron chi connectivity index (χ3n) is 1.92. The number of nitrogens with two attached hydrogens (primary N) is 1. The molecule has 1 rings (SSSR count). The van der Waals surface area contributed by atoms with Gasteiger partial charge in [-0.25, -0.2) is 4.79 Å². The van der Waals surface area contributed by atoms with Crippen LogP contribution in [0.5, 0.6) is 0 Å². The first kappa shape index (κ1) is 9.58. The van der Waals surface area contributed by atoms with Crippen LogP contribution in [0, 0.1) is 6.92 Å². The van der Waals surface area contributed by atoms with Crippen LogP contribution in [-0.2, 0) is 6.54 Å². The van der Waals surface area contributed by atoms with Gasteiger partial charge in [-0.2, -0.15) is 0 Å². The molecule has 2 amide bonds. The molecule has 0 saturated carbocycles. The Morgan fingerprint density at radius 2 is 1.92 bits per heavy atom. The second-order valence-corrected chi connectivity index (χ2v) is 3.18. The van der Waals surface area contributed by atoms with Gasteiger partial charge in [-0.15, -0.1) is 0 Å². The zero-order chi connectivity index (χ0) is 9.84. The summed E-state index contributed by atoms with van der Waals surface area (Å²) in [5.74, 6) is 0. The Hall–Kier alpha value is -1.51.